The van der Waals surface area contributed by atoms with Gasteiger partial charge in [-0.15, -0.1) is 6.58 Å². The number of nitrogens with zero attached hydrogens (tertiary/aromatic N) is 3. The van der Waals surface area contributed by atoms with Crippen LogP contribution in [0.1, 0.15) is 5.76 Å². The summed E-state index contributed by atoms with van der Waals surface area (Å²) in [5.41, 5.74) is 0.808. The molecule has 0 aliphatic heterocycles. The largest absolute Gasteiger partial charge is 0.497 e. The summed E-state index contributed by atoms with van der Waals surface area (Å²) >= 11 is 1.22. The van der Waals surface area contributed by atoms with Crippen molar-refractivity contribution in [2.45, 2.75) is 13.5 Å². The van der Waals surface area contributed by atoms with Crippen molar-refractivity contribution in [3.8, 4) is 5.75 Å². The number of anilines is 1. The van der Waals surface area contributed by atoms with E-state index in [0.29, 0.717) is 22.9 Å². The van der Waals surface area contributed by atoms with Gasteiger partial charge in [-0.25, -0.2) is 8.42 Å². The Morgan fingerprint density at radius 3 is 2.77 bits per heavy atom. The number of methoxy groups -OCH3 is 1. The highest BCUT2D eigenvalue weighted by atomic mass is 32.2. The number of sulfone groups is 1. The number of aryl methyl sites for hydroxylation is 1. The van der Waals surface area contributed by atoms with E-state index in [-0.39, 0.29) is 5.82 Å². The Labute approximate surface area is 181 Å². The molecule has 0 radical (unpaired) electrons. The first-order valence-corrected chi connectivity index (χ1v) is 11.6. The van der Waals surface area contributed by atoms with Gasteiger partial charge >= 0.3 is 0 Å². The van der Waals surface area contributed by atoms with E-state index in [4.69, 9.17) is 9.26 Å². The Morgan fingerprint density at radius 2 is 2.13 bits per heavy atom. The molecule has 2 aromatic heterocycles. The molecule has 0 fully saturated rings. The van der Waals surface area contributed by atoms with E-state index in [1.807, 2.05) is 6.07 Å². The summed E-state index contributed by atoms with van der Waals surface area (Å²) in [6, 6.07) is 6.85. The third kappa shape index (κ3) is 5.67. The number of carbonyl (C=O) groups is 2. The summed E-state index contributed by atoms with van der Waals surface area (Å²) in [6.07, 6.45) is 1.65. The van der Waals surface area contributed by atoms with Crippen LogP contribution in [-0.4, -0.2) is 48.6 Å². The number of aromatic nitrogens is 2. The summed E-state index contributed by atoms with van der Waals surface area (Å²) in [7, 11) is -2.49. The van der Waals surface area contributed by atoms with Gasteiger partial charge in [0.15, 0.2) is 20.5 Å². The number of fused-ring (bicyclic) bond motifs is 1. The first-order chi connectivity index (χ1) is 14.7. The lowest BCUT2D eigenvalue weighted by Gasteiger charge is -2.03. The van der Waals surface area contributed by atoms with Gasteiger partial charge in [0, 0.05) is 12.6 Å². The molecule has 12 heteroatoms. The quantitative estimate of drug-likeness (QED) is 0.501. The van der Waals surface area contributed by atoms with Crippen LogP contribution in [0.15, 0.2) is 46.4 Å². The van der Waals surface area contributed by atoms with Crippen LogP contribution in [0.5, 0.6) is 5.75 Å². The molecule has 0 aliphatic carbocycles. The van der Waals surface area contributed by atoms with E-state index >= 15 is 0 Å². The highest BCUT2D eigenvalue weighted by molar-refractivity contribution is 7.92. The zero-order valence-corrected chi connectivity index (χ0v) is 18.5. The second-order valence-corrected chi connectivity index (χ2v) is 9.60. The van der Waals surface area contributed by atoms with Crippen molar-refractivity contribution in [3.05, 3.63) is 47.5 Å². The third-order valence-corrected chi connectivity index (χ3v) is 6.44. The van der Waals surface area contributed by atoms with Gasteiger partial charge in [0.25, 0.3) is 5.91 Å². The van der Waals surface area contributed by atoms with Crippen molar-refractivity contribution in [2.75, 3.05) is 23.9 Å². The molecule has 1 N–H and O–H groups in total. The maximum Gasteiger partial charge on any atom is 0.263 e. The predicted octanol–water partition coefficient (Wildman–Crippen LogP) is 1.67. The summed E-state index contributed by atoms with van der Waals surface area (Å²) in [6.45, 7) is 5.71. The zero-order valence-electron chi connectivity index (χ0n) is 16.8. The lowest BCUT2D eigenvalue weighted by Crippen LogP contribution is -2.28. The minimum atomic E-state index is -4.04. The number of carbonyl (C=O) groups excluding carboxylic acids is 2. The van der Waals surface area contributed by atoms with Crippen LogP contribution in [0.4, 0.5) is 5.82 Å². The Bertz CT molecular complexity index is 1320. The van der Waals surface area contributed by atoms with Crippen LogP contribution in [0.25, 0.3) is 10.2 Å². The third-order valence-electron chi connectivity index (χ3n) is 4.01. The van der Waals surface area contributed by atoms with Crippen LogP contribution in [-0.2, 0) is 26.0 Å². The van der Waals surface area contributed by atoms with E-state index < -0.39 is 33.2 Å². The smallest absolute Gasteiger partial charge is 0.263 e. The molecule has 0 saturated carbocycles. The molecule has 0 unspecified atom stereocenters. The number of rotatable bonds is 8. The highest BCUT2D eigenvalue weighted by Crippen LogP contribution is 2.23. The number of thiazole rings is 1. The molecule has 2 amide bonds. The molecule has 0 spiro atoms. The average molecular weight is 465 g/mol. The minimum Gasteiger partial charge on any atom is -0.497 e. The van der Waals surface area contributed by atoms with Gasteiger partial charge in [-0.05, 0) is 25.1 Å². The normalized spacial score (nSPS) is 12.1. The summed E-state index contributed by atoms with van der Waals surface area (Å²) < 4.78 is 37.1. The maximum absolute atomic E-state index is 12.4. The first kappa shape index (κ1) is 22.4. The number of hydrogen-bond acceptors (Lipinski definition) is 8. The first-order valence-electron chi connectivity index (χ1n) is 9.00. The standard InChI is InChI=1S/C19H20N4O6S2/c1-4-7-23-14-6-5-13(28-3)9-15(14)30-19(23)21-18(25)11-31(26,27)10-17(24)20-16-8-12(2)29-22-16/h4-6,8-9H,1,7,10-11H2,2-3H3,(H,20,22,24). The van der Waals surface area contributed by atoms with E-state index in [0.717, 1.165) is 10.2 Å². The summed E-state index contributed by atoms with van der Waals surface area (Å²) in [5, 5.41) is 5.86. The number of hydrogen-bond donors (Lipinski definition) is 1. The molecule has 0 aliphatic rings. The molecule has 1 aromatic carbocycles. The van der Waals surface area contributed by atoms with Crippen LogP contribution in [0.2, 0.25) is 0 Å². The molecule has 3 aromatic rings. The van der Waals surface area contributed by atoms with Gasteiger partial charge in [-0.3, -0.25) is 9.59 Å². The van der Waals surface area contributed by atoms with E-state index in [2.05, 4.69) is 22.0 Å². The molecule has 0 saturated heterocycles. The number of benzene rings is 1. The van der Waals surface area contributed by atoms with Crippen molar-refractivity contribution in [3.63, 3.8) is 0 Å². The molecule has 2 heterocycles. The number of amides is 2. The fraction of sp³-hybridized carbons (Fsp3) is 0.263. The molecule has 0 bridgehead atoms. The SMILES string of the molecule is C=CCn1c(=NC(=O)CS(=O)(=O)CC(=O)Nc2cc(C)on2)sc2cc(OC)ccc21. The number of nitrogens with one attached hydrogen (secondary N) is 1. The van der Waals surface area contributed by atoms with Crippen LogP contribution in [0.3, 0.4) is 0 Å². The van der Waals surface area contributed by atoms with Crippen LogP contribution in [0, 0.1) is 6.92 Å². The topological polar surface area (TPSA) is 133 Å². The van der Waals surface area contributed by atoms with Crippen molar-refractivity contribution in [1.29, 1.82) is 0 Å². The number of ether oxygens (including phenoxy) is 1. The molecular formula is C19H20N4O6S2. The van der Waals surface area contributed by atoms with Gasteiger partial charge in [-0.2, -0.15) is 4.99 Å². The van der Waals surface area contributed by atoms with Crippen molar-refractivity contribution >= 4 is 49.0 Å². The fourth-order valence-electron chi connectivity index (χ4n) is 2.75. The van der Waals surface area contributed by atoms with E-state index in [1.165, 1.54) is 17.4 Å². The van der Waals surface area contributed by atoms with Crippen molar-refractivity contribution in [2.24, 2.45) is 4.99 Å². The predicted molar refractivity (Wildman–Crippen MR) is 116 cm³/mol. The van der Waals surface area contributed by atoms with Gasteiger partial charge in [0.2, 0.25) is 5.91 Å². The van der Waals surface area contributed by atoms with E-state index in [1.54, 1.807) is 36.8 Å². The minimum absolute atomic E-state index is 0.0971. The second-order valence-electron chi connectivity index (χ2n) is 6.53. The molecule has 3 rings (SSSR count). The fourth-order valence-corrected chi connectivity index (χ4v) is 4.85. The average Bonchev–Trinajstić information content (AvgIpc) is 3.23. The van der Waals surface area contributed by atoms with Crippen molar-refractivity contribution < 1.29 is 27.3 Å². The lowest BCUT2D eigenvalue weighted by atomic mass is 10.3. The molecule has 0 atom stereocenters. The van der Waals surface area contributed by atoms with Gasteiger partial charge in [0.1, 0.15) is 23.0 Å². The monoisotopic (exact) mass is 464 g/mol. The highest BCUT2D eigenvalue weighted by Gasteiger charge is 2.22. The van der Waals surface area contributed by atoms with E-state index in [9.17, 15) is 18.0 Å². The Kier molecular flexibility index (Phi) is 6.71. The Morgan fingerprint density at radius 1 is 1.35 bits per heavy atom. The van der Waals surface area contributed by atoms with Gasteiger partial charge < -0.3 is 19.1 Å². The van der Waals surface area contributed by atoms with Gasteiger partial charge in [-0.1, -0.05) is 22.6 Å². The van der Waals surface area contributed by atoms with Crippen LogP contribution < -0.4 is 14.9 Å². The number of allylic oxidation sites excluding steroid dienone is 1. The van der Waals surface area contributed by atoms with Gasteiger partial charge in [0.05, 0.1) is 17.3 Å². The Hall–Kier alpha value is -3.25. The molecule has 31 heavy (non-hydrogen) atoms. The Balaban J connectivity index is 1.79. The molecular weight excluding hydrogens is 444 g/mol. The van der Waals surface area contributed by atoms with Crippen molar-refractivity contribution in [1.82, 2.24) is 9.72 Å². The summed E-state index contributed by atoms with van der Waals surface area (Å²) in [5.74, 6) is -2.27. The molecule has 10 nitrogen and oxygen atoms in total. The zero-order chi connectivity index (χ0) is 22.6. The maximum atomic E-state index is 12.4. The molecule has 164 valence electrons. The van der Waals surface area contributed by atoms with Crippen LogP contribution >= 0.6 is 11.3 Å². The summed E-state index contributed by atoms with van der Waals surface area (Å²) in [4.78, 5) is 28.6. The second kappa shape index (κ2) is 9.27. The lowest BCUT2D eigenvalue weighted by molar-refractivity contribution is -0.115.